The van der Waals surface area contributed by atoms with Gasteiger partial charge in [-0.25, -0.2) is 14.6 Å². The average molecular weight is 585 g/mol. The molecule has 4 rings (SSSR count). The molecule has 1 fully saturated rings. The molecular formula is C31H35Cl2N3O4. The predicted molar refractivity (Wildman–Crippen MR) is 160 cm³/mol. The lowest BCUT2D eigenvalue weighted by molar-refractivity contribution is -0.142. The summed E-state index contributed by atoms with van der Waals surface area (Å²) < 4.78 is 10.6. The molecule has 0 aliphatic heterocycles. The van der Waals surface area contributed by atoms with Crippen LogP contribution in [0.2, 0.25) is 10.0 Å². The molecule has 2 N–H and O–H groups in total. The van der Waals surface area contributed by atoms with Gasteiger partial charge in [0.2, 0.25) is 0 Å². The largest absolute Gasteiger partial charge is 0.467 e. The lowest BCUT2D eigenvalue weighted by atomic mass is 9.92. The first-order valence-electron chi connectivity index (χ1n) is 13.3. The molecule has 1 aromatic heterocycles. The van der Waals surface area contributed by atoms with Crippen molar-refractivity contribution in [2.45, 2.75) is 70.1 Å². The topological polar surface area (TPSA) is 89.5 Å². The second kappa shape index (κ2) is 12.1. The van der Waals surface area contributed by atoms with E-state index in [1.807, 2.05) is 51.1 Å². The Morgan fingerprint density at radius 3 is 2.38 bits per heavy atom. The number of halogens is 2. The van der Waals surface area contributed by atoms with Crippen molar-refractivity contribution >= 4 is 46.2 Å². The van der Waals surface area contributed by atoms with E-state index in [0.717, 1.165) is 29.3 Å². The van der Waals surface area contributed by atoms with E-state index in [0.29, 0.717) is 46.3 Å². The molecule has 1 amide bonds. The summed E-state index contributed by atoms with van der Waals surface area (Å²) in [5.41, 5.74) is 2.28. The molecule has 1 aliphatic carbocycles. The van der Waals surface area contributed by atoms with E-state index in [9.17, 15) is 9.59 Å². The molecular weight excluding hydrogens is 549 g/mol. The Labute approximate surface area is 245 Å². The van der Waals surface area contributed by atoms with Crippen molar-refractivity contribution < 1.29 is 19.1 Å². The van der Waals surface area contributed by atoms with Crippen LogP contribution in [0.25, 0.3) is 22.2 Å². The summed E-state index contributed by atoms with van der Waals surface area (Å²) in [5, 5.41) is 8.27. The second-order valence-corrected chi connectivity index (χ2v) is 12.0. The highest BCUT2D eigenvalue weighted by molar-refractivity contribution is 6.39. The number of aromatic nitrogens is 1. The average Bonchev–Trinajstić information content (AvgIpc) is 3.36. The first-order chi connectivity index (χ1) is 18.9. The lowest BCUT2D eigenvalue weighted by Crippen LogP contribution is -2.54. The fourth-order valence-corrected chi connectivity index (χ4v) is 5.67. The van der Waals surface area contributed by atoms with Gasteiger partial charge in [0.1, 0.15) is 11.6 Å². The highest BCUT2D eigenvalue weighted by Crippen LogP contribution is 2.36. The summed E-state index contributed by atoms with van der Waals surface area (Å²) in [6.45, 7) is 9.70. The zero-order valence-electron chi connectivity index (χ0n) is 23.3. The number of ether oxygens (including phenoxy) is 2. The monoisotopic (exact) mass is 583 g/mol. The Hall–Kier alpha value is -3.29. The Morgan fingerprint density at radius 1 is 1.07 bits per heavy atom. The van der Waals surface area contributed by atoms with Gasteiger partial charge in [-0.2, -0.15) is 0 Å². The fourth-order valence-electron chi connectivity index (χ4n) is 5.08. The highest BCUT2D eigenvalue weighted by Gasteiger charge is 2.40. The number of amides is 1. The number of nitrogens with one attached hydrogen (secondary N) is 2. The van der Waals surface area contributed by atoms with E-state index >= 15 is 0 Å². The number of hydrogen-bond acceptors (Lipinski definition) is 6. The number of pyridine rings is 1. The minimum Gasteiger partial charge on any atom is -0.467 e. The van der Waals surface area contributed by atoms with E-state index in [1.54, 1.807) is 18.2 Å². The molecule has 1 atom stereocenters. The summed E-state index contributed by atoms with van der Waals surface area (Å²) in [7, 11) is 1.36. The quantitative estimate of drug-likeness (QED) is 0.272. The van der Waals surface area contributed by atoms with Crippen molar-refractivity contribution in [1.82, 2.24) is 15.6 Å². The molecule has 3 aromatic rings. The number of esters is 1. The van der Waals surface area contributed by atoms with Gasteiger partial charge >= 0.3 is 12.1 Å². The molecule has 1 saturated carbocycles. The van der Waals surface area contributed by atoms with E-state index in [-0.39, 0.29) is 0 Å². The molecule has 0 saturated heterocycles. The third kappa shape index (κ3) is 6.88. The predicted octanol–water partition coefficient (Wildman–Crippen LogP) is 7.23. The molecule has 2 aromatic carbocycles. The summed E-state index contributed by atoms with van der Waals surface area (Å²) in [4.78, 5) is 30.2. The first-order valence-corrected chi connectivity index (χ1v) is 14.1. The van der Waals surface area contributed by atoms with Crippen LogP contribution < -0.4 is 10.6 Å². The number of methoxy groups -OCH3 is 1. The Balaban J connectivity index is 1.54. The van der Waals surface area contributed by atoms with E-state index in [2.05, 4.69) is 17.2 Å². The zero-order valence-corrected chi connectivity index (χ0v) is 24.8. The summed E-state index contributed by atoms with van der Waals surface area (Å²) in [6, 6.07) is 14.3. The number of rotatable bonds is 8. The number of carbonyl (C=O) groups excluding carboxylic acids is 2. The third-order valence-electron chi connectivity index (χ3n) is 7.02. The van der Waals surface area contributed by atoms with Crippen LogP contribution in [0.15, 0.2) is 60.8 Å². The van der Waals surface area contributed by atoms with E-state index in [4.69, 9.17) is 37.7 Å². The smallest absolute Gasteiger partial charge is 0.408 e. The molecule has 212 valence electrons. The molecule has 0 radical (unpaired) electrons. The molecule has 7 nitrogen and oxygen atoms in total. The van der Waals surface area contributed by atoms with Gasteiger partial charge in [-0.1, -0.05) is 60.8 Å². The van der Waals surface area contributed by atoms with Gasteiger partial charge in [0.25, 0.3) is 0 Å². The van der Waals surface area contributed by atoms with Gasteiger partial charge in [0.05, 0.1) is 33.9 Å². The van der Waals surface area contributed by atoms with Crippen LogP contribution in [0.1, 0.15) is 52.0 Å². The van der Waals surface area contributed by atoms with Crippen molar-refractivity contribution in [3.05, 3.63) is 76.4 Å². The molecule has 1 heterocycles. The summed E-state index contributed by atoms with van der Waals surface area (Å²) >= 11 is 12.8. The lowest BCUT2D eigenvalue weighted by Gasteiger charge is -2.35. The van der Waals surface area contributed by atoms with Crippen LogP contribution in [-0.2, 0) is 20.7 Å². The maximum Gasteiger partial charge on any atom is 0.408 e. The van der Waals surface area contributed by atoms with Crippen molar-refractivity contribution in [2.75, 3.05) is 7.11 Å². The molecule has 0 spiro atoms. The van der Waals surface area contributed by atoms with Gasteiger partial charge in [0.15, 0.2) is 0 Å². The van der Waals surface area contributed by atoms with Gasteiger partial charge < -0.3 is 20.1 Å². The van der Waals surface area contributed by atoms with E-state index in [1.165, 1.54) is 7.11 Å². The highest BCUT2D eigenvalue weighted by atomic mass is 35.5. The minimum absolute atomic E-state index is 0.349. The molecule has 9 heteroatoms. The number of benzene rings is 2. The molecule has 40 heavy (non-hydrogen) atoms. The van der Waals surface area contributed by atoms with Crippen molar-refractivity contribution in [1.29, 1.82) is 0 Å². The van der Waals surface area contributed by atoms with Gasteiger partial charge in [-0.05, 0) is 69.5 Å². The van der Waals surface area contributed by atoms with Crippen LogP contribution in [0.4, 0.5) is 4.79 Å². The summed E-state index contributed by atoms with van der Waals surface area (Å²) in [5.74, 6) is -0.423. The SMILES string of the molecule is C=C(NC(Cc1ccc2nc(-c3c(Cl)cccc3Cl)ccc2c1)C(=O)OC)C1(NC(=O)OC(C)(C)C)CCCC1. The Morgan fingerprint density at radius 2 is 1.75 bits per heavy atom. The van der Waals surface area contributed by atoms with Crippen molar-refractivity contribution in [3.63, 3.8) is 0 Å². The van der Waals surface area contributed by atoms with Crippen LogP contribution in [-0.4, -0.2) is 41.3 Å². The van der Waals surface area contributed by atoms with Gasteiger partial charge in [0, 0.05) is 23.1 Å². The Kier molecular flexibility index (Phi) is 8.96. The number of nitrogens with zero attached hydrogens (tertiary/aromatic N) is 1. The zero-order chi connectivity index (χ0) is 29.1. The van der Waals surface area contributed by atoms with Crippen LogP contribution in [0.3, 0.4) is 0 Å². The minimum atomic E-state index is -0.710. The van der Waals surface area contributed by atoms with Crippen molar-refractivity contribution in [2.24, 2.45) is 0 Å². The first kappa shape index (κ1) is 29.7. The molecule has 1 aliphatic rings. The van der Waals surface area contributed by atoms with E-state index < -0.39 is 29.2 Å². The van der Waals surface area contributed by atoms with Crippen molar-refractivity contribution in [3.8, 4) is 11.3 Å². The number of alkyl carbamates (subject to hydrolysis) is 1. The summed E-state index contributed by atoms with van der Waals surface area (Å²) in [6.07, 6.45) is 3.10. The number of fused-ring (bicyclic) bond motifs is 1. The van der Waals surface area contributed by atoms with Crippen LogP contribution in [0, 0.1) is 0 Å². The normalized spacial score (nSPS) is 15.3. The van der Waals surface area contributed by atoms with Gasteiger partial charge in [-0.15, -0.1) is 0 Å². The number of carbonyl (C=O) groups is 2. The van der Waals surface area contributed by atoms with Gasteiger partial charge in [-0.3, -0.25) is 0 Å². The standard InChI is InChI=1S/C31H35Cl2N3O4/c1-19(31(15-6-7-16-31)36-29(38)40-30(2,3)4)34-26(28(37)39-5)18-20-11-13-24-21(17-20)12-14-25(35-24)27-22(32)9-8-10-23(27)33/h8-14,17,26,34H,1,6-7,15-16,18H2,2-5H3,(H,36,38). The third-order valence-corrected chi connectivity index (χ3v) is 7.65. The number of hydrogen-bond donors (Lipinski definition) is 2. The fraction of sp³-hybridized carbons (Fsp3) is 0.387. The van der Waals surface area contributed by atoms with Crippen LogP contribution in [0.5, 0.6) is 0 Å². The molecule has 1 unspecified atom stereocenters. The maximum atomic E-state index is 12.8. The maximum absolute atomic E-state index is 12.8. The Bertz CT molecular complexity index is 1410. The second-order valence-electron chi connectivity index (χ2n) is 11.1. The van der Waals surface area contributed by atoms with Crippen LogP contribution >= 0.6 is 23.2 Å². The molecule has 0 bridgehead atoms.